The van der Waals surface area contributed by atoms with Crippen LogP contribution in [0, 0.1) is 6.92 Å². The van der Waals surface area contributed by atoms with Crippen LogP contribution >= 0.6 is 0 Å². The molecule has 0 saturated heterocycles. The molecule has 0 atom stereocenters. The smallest absolute Gasteiger partial charge is 0.271 e. The molecule has 7 nitrogen and oxygen atoms in total. The molecule has 8 heteroatoms. The number of hydrogen-bond acceptors (Lipinski definition) is 5. The minimum Gasteiger partial charge on any atom is -0.351 e. The molecule has 2 aromatic rings. The highest BCUT2D eigenvalue weighted by atomic mass is 32.2. The summed E-state index contributed by atoms with van der Waals surface area (Å²) in [6, 6.07) is 6.62. The number of aromatic nitrogens is 2. The van der Waals surface area contributed by atoms with E-state index in [1.807, 2.05) is 6.92 Å². The Bertz CT molecular complexity index is 746. The van der Waals surface area contributed by atoms with E-state index in [-0.39, 0.29) is 23.0 Å². The van der Waals surface area contributed by atoms with Crippen LogP contribution < -0.4 is 10.0 Å². The van der Waals surface area contributed by atoms with Crippen molar-refractivity contribution in [2.75, 3.05) is 13.1 Å². The van der Waals surface area contributed by atoms with Gasteiger partial charge in [-0.3, -0.25) is 9.78 Å². The first kappa shape index (κ1) is 17.0. The number of nitrogens with one attached hydrogen (secondary N) is 2. The number of aryl methyl sites for hydroxylation is 1. The highest BCUT2D eigenvalue weighted by Crippen LogP contribution is 2.09. The first-order valence-corrected chi connectivity index (χ1v) is 8.58. The van der Waals surface area contributed by atoms with Gasteiger partial charge in [0.2, 0.25) is 10.0 Å². The zero-order chi connectivity index (χ0) is 16.7. The minimum absolute atomic E-state index is 0.228. The van der Waals surface area contributed by atoms with Gasteiger partial charge in [0.25, 0.3) is 5.91 Å². The lowest BCUT2D eigenvalue weighted by molar-refractivity contribution is 0.0948. The Hall–Kier alpha value is -2.32. The van der Waals surface area contributed by atoms with Crippen LogP contribution in [0.25, 0.3) is 0 Å². The van der Waals surface area contributed by atoms with E-state index in [1.165, 1.54) is 18.6 Å². The van der Waals surface area contributed by atoms with Gasteiger partial charge in [0.15, 0.2) is 0 Å². The third-order valence-corrected chi connectivity index (χ3v) is 4.54. The molecule has 0 aliphatic rings. The summed E-state index contributed by atoms with van der Waals surface area (Å²) >= 11 is 0. The van der Waals surface area contributed by atoms with Gasteiger partial charge in [-0.05, 0) is 25.5 Å². The standard InChI is InChI=1S/C15H18N4O3S/c1-12-3-5-13(6-4-12)23(21,22)19-8-2-7-18-15(20)14-11-16-9-10-17-14/h3-6,9-11,19H,2,7-8H2,1H3,(H,18,20). The van der Waals surface area contributed by atoms with Crippen molar-refractivity contribution in [1.29, 1.82) is 0 Å². The molecule has 0 radical (unpaired) electrons. The molecule has 0 aliphatic heterocycles. The predicted molar refractivity (Wildman–Crippen MR) is 85.3 cm³/mol. The maximum atomic E-state index is 12.0. The summed E-state index contributed by atoms with van der Waals surface area (Å²) < 4.78 is 26.6. The third-order valence-electron chi connectivity index (χ3n) is 3.06. The van der Waals surface area contributed by atoms with E-state index < -0.39 is 10.0 Å². The molecule has 1 heterocycles. The predicted octanol–water partition coefficient (Wildman–Crippen LogP) is 0.883. The van der Waals surface area contributed by atoms with Crippen LogP contribution in [0.1, 0.15) is 22.5 Å². The van der Waals surface area contributed by atoms with Gasteiger partial charge >= 0.3 is 0 Å². The van der Waals surface area contributed by atoms with E-state index >= 15 is 0 Å². The highest BCUT2D eigenvalue weighted by Gasteiger charge is 2.12. The van der Waals surface area contributed by atoms with Crippen molar-refractivity contribution < 1.29 is 13.2 Å². The lowest BCUT2D eigenvalue weighted by Crippen LogP contribution is -2.30. The van der Waals surface area contributed by atoms with Crippen molar-refractivity contribution in [1.82, 2.24) is 20.0 Å². The number of sulfonamides is 1. The van der Waals surface area contributed by atoms with Crippen LogP contribution in [0.2, 0.25) is 0 Å². The van der Waals surface area contributed by atoms with Gasteiger partial charge in [0, 0.05) is 25.5 Å². The molecule has 122 valence electrons. The summed E-state index contributed by atoms with van der Waals surface area (Å²) in [5.41, 5.74) is 1.23. The first-order valence-electron chi connectivity index (χ1n) is 7.09. The molecular weight excluding hydrogens is 316 g/mol. The van der Waals surface area contributed by atoms with E-state index in [0.717, 1.165) is 5.56 Å². The normalized spacial score (nSPS) is 11.2. The highest BCUT2D eigenvalue weighted by molar-refractivity contribution is 7.89. The summed E-state index contributed by atoms with van der Waals surface area (Å²) in [6.07, 6.45) is 4.76. The average Bonchev–Trinajstić information content (AvgIpc) is 2.55. The quantitative estimate of drug-likeness (QED) is 0.732. The Labute approximate surface area is 135 Å². The third kappa shape index (κ3) is 5.11. The maximum absolute atomic E-state index is 12.0. The van der Waals surface area contributed by atoms with Gasteiger partial charge < -0.3 is 5.32 Å². The van der Waals surface area contributed by atoms with Crippen molar-refractivity contribution in [3.63, 3.8) is 0 Å². The summed E-state index contributed by atoms with van der Waals surface area (Å²) in [4.78, 5) is 19.6. The number of amides is 1. The van der Waals surface area contributed by atoms with Gasteiger partial charge in [-0.2, -0.15) is 0 Å². The van der Waals surface area contributed by atoms with Crippen LogP contribution in [0.4, 0.5) is 0 Å². The second-order valence-electron chi connectivity index (χ2n) is 4.91. The molecule has 0 fully saturated rings. The average molecular weight is 334 g/mol. The van der Waals surface area contributed by atoms with Crippen LogP contribution in [0.3, 0.4) is 0 Å². The molecule has 0 aliphatic carbocycles. The molecule has 1 amide bonds. The Morgan fingerprint density at radius 2 is 1.87 bits per heavy atom. The number of benzene rings is 1. The van der Waals surface area contributed by atoms with Gasteiger partial charge in [0.1, 0.15) is 5.69 Å². The number of hydrogen-bond donors (Lipinski definition) is 2. The van der Waals surface area contributed by atoms with Crippen molar-refractivity contribution in [3.05, 3.63) is 54.1 Å². The monoisotopic (exact) mass is 334 g/mol. The van der Waals surface area contributed by atoms with Crippen molar-refractivity contribution in [2.45, 2.75) is 18.2 Å². The van der Waals surface area contributed by atoms with E-state index in [2.05, 4.69) is 20.0 Å². The van der Waals surface area contributed by atoms with E-state index in [9.17, 15) is 13.2 Å². The zero-order valence-electron chi connectivity index (χ0n) is 12.7. The number of carbonyl (C=O) groups excluding carboxylic acids is 1. The maximum Gasteiger partial charge on any atom is 0.271 e. The molecule has 1 aromatic carbocycles. The lowest BCUT2D eigenvalue weighted by Gasteiger charge is -2.08. The van der Waals surface area contributed by atoms with Crippen molar-refractivity contribution >= 4 is 15.9 Å². The molecule has 1 aromatic heterocycles. The Morgan fingerprint density at radius 1 is 1.13 bits per heavy atom. The summed E-state index contributed by atoms with van der Waals surface area (Å²) in [5, 5.41) is 2.66. The Balaban J connectivity index is 1.75. The molecule has 0 saturated carbocycles. The van der Waals surface area contributed by atoms with Crippen LogP contribution in [0.15, 0.2) is 47.8 Å². The van der Waals surface area contributed by atoms with Crippen LogP contribution in [-0.2, 0) is 10.0 Å². The largest absolute Gasteiger partial charge is 0.351 e. The number of rotatable bonds is 7. The van der Waals surface area contributed by atoms with Gasteiger partial charge in [-0.1, -0.05) is 17.7 Å². The number of nitrogens with zero attached hydrogens (tertiary/aromatic N) is 2. The second kappa shape index (κ2) is 7.80. The summed E-state index contributed by atoms with van der Waals surface area (Å²) in [5.74, 6) is -0.334. The van der Waals surface area contributed by atoms with Gasteiger partial charge in [-0.15, -0.1) is 0 Å². The van der Waals surface area contributed by atoms with E-state index in [4.69, 9.17) is 0 Å². The topological polar surface area (TPSA) is 101 Å². The zero-order valence-corrected chi connectivity index (χ0v) is 13.5. The molecule has 0 unspecified atom stereocenters. The van der Waals surface area contributed by atoms with Crippen molar-refractivity contribution in [2.24, 2.45) is 0 Å². The molecule has 2 N–H and O–H groups in total. The first-order chi connectivity index (χ1) is 11.0. The van der Waals surface area contributed by atoms with Crippen molar-refractivity contribution in [3.8, 4) is 0 Å². The SMILES string of the molecule is Cc1ccc(S(=O)(=O)NCCCNC(=O)c2cnccn2)cc1. The van der Waals surface area contributed by atoms with Gasteiger partial charge in [-0.25, -0.2) is 18.1 Å². The molecule has 23 heavy (non-hydrogen) atoms. The van der Waals surface area contributed by atoms with Crippen LogP contribution in [0.5, 0.6) is 0 Å². The Kier molecular flexibility index (Phi) is 5.78. The molecule has 0 spiro atoms. The van der Waals surface area contributed by atoms with E-state index in [0.29, 0.717) is 13.0 Å². The van der Waals surface area contributed by atoms with Gasteiger partial charge in [0.05, 0.1) is 11.1 Å². The van der Waals surface area contributed by atoms with E-state index in [1.54, 1.807) is 24.3 Å². The molecule has 0 bridgehead atoms. The number of carbonyl (C=O) groups is 1. The minimum atomic E-state index is -3.51. The summed E-state index contributed by atoms with van der Waals surface area (Å²) in [6.45, 7) is 2.46. The molecular formula is C15H18N4O3S. The lowest BCUT2D eigenvalue weighted by atomic mass is 10.2. The van der Waals surface area contributed by atoms with Crippen LogP contribution in [-0.4, -0.2) is 37.4 Å². The Morgan fingerprint density at radius 3 is 2.52 bits per heavy atom. The summed E-state index contributed by atoms with van der Waals surface area (Å²) in [7, 11) is -3.51. The molecule has 2 rings (SSSR count). The second-order valence-corrected chi connectivity index (χ2v) is 6.68. The fourth-order valence-electron chi connectivity index (χ4n) is 1.80. The fourth-order valence-corrected chi connectivity index (χ4v) is 2.88. The fraction of sp³-hybridized carbons (Fsp3) is 0.267.